The molecule has 1 heterocycles. The number of hydrogen-bond donors (Lipinski definition) is 0. The molecule has 8 heavy (non-hydrogen) atoms. The average molecular weight is 222 g/mol. The van der Waals surface area contributed by atoms with Gasteiger partial charge in [-0.15, -0.1) is 12.4 Å². The van der Waals surface area contributed by atoms with E-state index in [0.717, 1.165) is 0 Å². The van der Waals surface area contributed by atoms with E-state index < -0.39 is 0 Å². The van der Waals surface area contributed by atoms with Gasteiger partial charge in [-0.05, 0) is 12.1 Å². The summed E-state index contributed by atoms with van der Waals surface area (Å²) in [7, 11) is 0. The molecule has 0 amide bonds. The zero-order valence-electron chi connectivity index (χ0n) is 4.06. The number of halogens is 1. The van der Waals surface area contributed by atoms with Crippen LogP contribution in [0.15, 0.2) is 30.6 Å². The molecule has 0 spiro atoms. The van der Waals surface area contributed by atoms with E-state index in [4.69, 9.17) is 0 Å². The third kappa shape index (κ3) is 4.27. The van der Waals surface area contributed by atoms with Gasteiger partial charge in [-0.2, -0.15) is 0 Å². The van der Waals surface area contributed by atoms with Gasteiger partial charge in [0.1, 0.15) is 0 Å². The Morgan fingerprint density at radius 3 is 1.50 bits per heavy atom. The summed E-state index contributed by atoms with van der Waals surface area (Å²) >= 11 is 0. The molecule has 1 nitrogen and oxygen atoms in total. The molecule has 0 aliphatic rings. The maximum Gasteiger partial charge on any atom is 0.0267 e. The molecule has 0 saturated carbocycles. The first-order valence-corrected chi connectivity index (χ1v) is 1.85. The van der Waals surface area contributed by atoms with E-state index in [0.29, 0.717) is 0 Å². The van der Waals surface area contributed by atoms with Gasteiger partial charge in [-0.1, -0.05) is 6.07 Å². The van der Waals surface area contributed by atoms with E-state index in [2.05, 4.69) is 4.98 Å². The molecule has 0 bridgehead atoms. The summed E-state index contributed by atoms with van der Waals surface area (Å²) in [6.45, 7) is 0. The standard InChI is InChI=1S/C5H5N.ClH.Pd/c1-2-4-6-5-3-1;;/h1-5H;1H;. The third-order valence-corrected chi connectivity index (χ3v) is 0.566. The fraction of sp³-hybridized carbons (Fsp3) is 0. The molecule has 0 aliphatic carbocycles. The van der Waals surface area contributed by atoms with Crippen molar-refractivity contribution in [2.75, 3.05) is 0 Å². The van der Waals surface area contributed by atoms with E-state index >= 15 is 0 Å². The van der Waals surface area contributed by atoms with E-state index in [1.807, 2.05) is 18.2 Å². The Bertz CT molecular complexity index is 84.4. The maximum absolute atomic E-state index is 3.78. The van der Waals surface area contributed by atoms with Gasteiger partial charge >= 0.3 is 0 Å². The molecule has 0 atom stereocenters. The molecule has 48 valence electrons. The number of aromatic nitrogens is 1. The Morgan fingerprint density at radius 2 is 1.38 bits per heavy atom. The van der Waals surface area contributed by atoms with Crippen molar-refractivity contribution < 1.29 is 20.4 Å². The summed E-state index contributed by atoms with van der Waals surface area (Å²) in [5, 5.41) is 0. The Morgan fingerprint density at radius 1 is 0.875 bits per heavy atom. The predicted octanol–water partition coefficient (Wildman–Crippen LogP) is 1.50. The van der Waals surface area contributed by atoms with Crippen molar-refractivity contribution in [3.63, 3.8) is 0 Å². The first-order chi connectivity index (χ1) is 3.00. The summed E-state index contributed by atoms with van der Waals surface area (Å²) in [5.74, 6) is 0. The van der Waals surface area contributed by atoms with Crippen LogP contribution in [0.4, 0.5) is 0 Å². The van der Waals surface area contributed by atoms with Gasteiger partial charge in [0.2, 0.25) is 0 Å². The summed E-state index contributed by atoms with van der Waals surface area (Å²) in [6, 6.07) is 5.72. The second kappa shape index (κ2) is 7.10. The topological polar surface area (TPSA) is 12.9 Å². The van der Waals surface area contributed by atoms with Gasteiger partial charge in [-0.25, -0.2) is 0 Å². The largest absolute Gasteiger partial charge is 0.265 e. The van der Waals surface area contributed by atoms with Crippen LogP contribution < -0.4 is 0 Å². The van der Waals surface area contributed by atoms with Crippen molar-refractivity contribution in [1.82, 2.24) is 4.98 Å². The molecule has 0 aliphatic heterocycles. The molecular weight excluding hydrogens is 216 g/mol. The van der Waals surface area contributed by atoms with Gasteiger partial charge in [0.25, 0.3) is 0 Å². The zero-order valence-corrected chi connectivity index (χ0v) is 6.43. The van der Waals surface area contributed by atoms with Crippen LogP contribution in [0, 0.1) is 0 Å². The van der Waals surface area contributed by atoms with Crippen molar-refractivity contribution in [2.24, 2.45) is 0 Å². The molecule has 0 radical (unpaired) electrons. The monoisotopic (exact) mass is 221 g/mol. The first-order valence-electron chi connectivity index (χ1n) is 1.85. The van der Waals surface area contributed by atoms with Gasteiger partial charge in [0.15, 0.2) is 0 Å². The minimum absolute atomic E-state index is 0. The zero-order chi connectivity index (χ0) is 4.24. The normalized spacial score (nSPS) is 6.00. The van der Waals surface area contributed by atoms with Crippen LogP contribution in [0.5, 0.6) is 0 Å². The summed E-state index contributed by atoms with van der Waals surface area (Å²) in [6.07, 6.45) is 3.50. The minimum atomic E-state index is 0. The summed E-state index contributed by atoms with van der Waals surface area (Å²) in [5.41, 5.74) is 0. The fourth-order valence-corrected chi connectivity index (χ4v) is 0.313. The molecule has 0 unspecified atom stereocenters. The molecule has 3 heteroatoms. The second-order valence-electron chi connectivity index (χ2n) is 1.02. The van der Waals surface area contributed by atoms with Crippen molar-refractivity contribution >= 4 is 12.4 Å². The fourth-order valence-electron chi connectivity index (χ4n) is 0.313. The van der Waals surface area contributed by atoms with Crippen LogP contribution in [-0.2, 0) is 20.4 Å². The van der Waals surface area contributed by atoms with Crippen LogP contribution in [0.25, 0.3) is 0 Å². The van der Waals surface area contributed by atoms with E-state index in [-0.39, 0.29) is 32.8 Å². The Labute approximate surface area is 68.6 Å². The second-order valence-corrected chi connectivity index (χ2v) is 1.02. The summed E-state index contributed by atoms with van der Waals surface area (Å²) in [4.78, 5) is 3.78. The SMILES string of the molecule is Cl.[Pd].c1ccncc1. The minimum Gasteiger partial charge on any atom is -0.265 e. The van der Waals surface area contributed by atoms with Crippen molar-refractivity contribution in [3.8, 4) is 0 Å². The number of hydrogen-bond acceptors (Lipinski definition) is 1. The number of pyridine rings is 1. The maximum atomic E-state index is 3.78. The molecule has 1 aromatic heterocycles. The molecule has 1 aromatic rings. The van der Waals surface area contributed by atoms with Crippen LogP contribution >= 0.6 is 12.4 Å². The summed E-state index contributed by atoms with van der Waals surface area (Å²) < 4.78 is 0. The quantitative estimate of drug-likeness (QED) is 0.606. The molecular formula is C5H6ClNPd. The smallest absolute Gasteiger partial charge is 0.0267 e. The molecule has 0 N–H and O–H groups in total. The van der Waals surface area contributed by atoms with Crippen molar-refractivity contribution in [3.05, 3.63) is 30.6 Å². The average Bonchev–Trinajstić information content (AvgIpc) is 1.72. The first kappa shape index (κ1) is 11.0. The number of rotatable bonds is 0. The number of nitrogens with zero attached hydrogens (tertiary/aromatic N) is 1. The molecule has 0 saturated heterocycles. The van der Waals surface area contributed by atoms with Crippen LogP contribution in [0.3, 0.4) is 0 Å². The van der Waals surface area contributed by atoms with Gasteiger partial charge in [0.05, 0.1) is 0 Å². The van der Waals surface area contributed by atoms with Gasteiger partial charge in [-0.3, -0.25) is 4.98 Å². The third-order valence-electron chi connectivity index (χ3n) is 0.566. The van der Waals surface area contributed by atoms with Crippen LogP contribution in [0.1, 0.15) is 0 Å². The van der Waals surface area contributed by atoms with Crippen LogP contribution in [-0.4, -0.2) is 4.98 Å². The van der Waals surface area contributed by atoms with E-state index in [1.54, 1.807) is 12.4 Å². The van der Waals surface area contributed by atoms with Crippen molar-refractivity contribution in [2.45, 2.75) is 0 Å². The molecule has 1 rings (SSSR count). The molecule has 0 aromatic carbocycles. The Balaban J connectivity index is 0. The van der Waals surface area contributed by atoms with Gasteiger partial charge < -0.3 is 0 Å². The van der Waals surface area contributed by atoms with Gasteiger partial charge in [0, 0.05) is 32.8 Å². The Hall–Kier alpha value is 0.102. The van der Waals surface area contributed by atoms with E-state index in [1.165, 1.54) is 0 Å². The van der Waals surface area contributed by atoms with Crippen molar-refractivity contribution in [1.29, 1.82) is 0 Å². The van der Waals surface area contributed by atoms with E-state index in [9.17, 15) is 0 Å². The predicted molar refractivity (Wildman–Crippen MR) is 31.5 cm³/mol. The Kier molecular flexibility index (Phi) is 9.74. The molecule has 0 fully saturated rings. The van der Waals surface area contributed by atoms with Crippen LogP contribution in [0.2, 0.25) is 0 Å².